The Morgan fingerprint density at radius 3 is 1.43 bits per heavy atom. The first-order valence-electron chi connectivity index (χ1n) is 1.03. The molecular weight excluding hydrogens is 335 g/mol. The average Bonchev–Trinajstić information content (AvgIpc) is 1.27. The summed E-state index contributed by atoms with van der Waals surface area (Å²) in [4.78, 5) is 0. The quantitative estimate of drug-likeness (QED) is 0.560. The molecule has 0 fully saturated rings. The van der Waals surface area contributed by atoms with Crippen LogP contribution >= 0.6 is 0 Å². The maximum atomic E-state index is 9.52. The summed E-state index contributed by atoms with van der Waals surface area (Å²) in [7, 11) is 0. The zero-order valence-electron chi connectivity index (χ0n) is 2.94. The van der Waals surface area contributed by atoms with E-state index in [2.05, 4.69) is 1.47 Å². The molecule has 0 rings (SSSR count). The van der Waals surface area contributed by atoms with Crippen LogP contribution < -0.4 is 0 Å². The Morgan fingerprint density at radius 2 is 1.43 bits per heavy atom. The molecule has 0 radical (unpaired) electrons. The summed E-state index contributed by atoms with van der Waals surface area (Å²) in [5.74, 6) is 0. The molecule has 0 atom stereocenters. The summed E-state index contributed by atoms with van der Waals surface area (Å²) in [6.45, 7) is 0. The fourth-order valence-electron chi connectivity index (χ4n) is 0.0498. The normalized spacial score (nSPS) is 10.9. The molecule has 0 aromatic rings. The van der Waals surface area contributed by atoms with Gasteiger partial charge in [-0.25, -0.2) is 0 Å². The third-order valence-electron chi connectivity index (χ3n) is 0.116. The first-order chi connectivity index (χ1) is 3.13. The van der Waals surface area contributed by atoms with Gasteiger partial charge in [0.25, 0.3) is 0 Å². The Kier molecular flexibility index (Phi) is 4.59. The molecule has 0 aliphatic heterocycles. The zero-order chi connectivity index (χ0) is 5.86. The molecule has 0 saturated heterocycles. The van der Waals surface area contributed by atoms with E-state index in [1.807, 2.05) is 0 Å². The van der Waals surface area contributed by atoms with Crippen LogP contribution in [0.5, 0.6) is 0 Å². The number of hydrogen-bond acceptors (Lipinski definition) is 3. The first kappa shape index (κ1) is 8.06. The molecule has 0 bridgehead atoms. The van der Waals surface area contributed by atoms with E-state index in [1.165, 1.54) is 0 Å². The molecular formula is H2O5Te2. The van der Waals surface area contributed by atoms with Crippen molar-refractivity contribution >= 4 is 40.7 Å². The molecule has 0 aromatic carbocycles. The van der Waals surface area contributed by atoms with Crippen LogP contribution in [0.15, 0.2) is 0 Å². The topological polar surface area (TPSA) is 83.8 Å². The maximum absolute atomic E-state index is 9.52. The Hall–Kier alpha value is 1.06. The van der Waals surface area contributed by atoms with Crippen molar-refractivity contribution in [1.82, 2.24) is 0 Å². The van der Waals surface area contributed by atoms with Gasteiger partial charge in [0.15, 0.2) is 0 Å². The molecule has 7 heteroatoms. The van der Waals surface area contributed by atoms with Crippen LogP contribution in [-0.4, -0.2) is 47.7 Å². The second kappa shape index (κ2) is 3.99. The van der Waals surface area contributed by atoms with Crippen molar-refractivity contribution in [3.63, 3.8) is 0 Å². The van der Waals surface area contributed by atoms with Crippen LogP contribution in [0.3, 0.4) is 0 Å². The van der Waals surface area contributed by atoms with Crippen molar-refractivity contribution in [1.29, 1.82) is 0 Å². The fraction of sp³-hybridized carbons (Fsp3) is 0. The molecule has 0 amide bonds. The molecule has 44 valence electrons. The zero-order valence-corrected chi connectivity index (χ0v) is 7.60. The molecule has 0 spiro atoms. The molecule has 5 nitrogen and oxygen atoms in total. The van der Waals surface area contributed by atoms with Crippen molar-refractivity contribution in [2.45, 2.75) is 0 Å². The second-order valence-corrected chi connectivity index (χ2v) is 5.97. The summed E-state index contributed by atoms with van der Waals surface area (Å²) in [5, 5.41) is 0. The Bertz CT molecular complexity index is 82.3. The van der Waals surface area contributed by atoms with Gasteiger partial charge >= 0.3 is 55.3 Å². The monoisotopic (exact) mass is 342 g/mol. The van der Waals surface area contributed by atoms with E-state index in [1.54, 1.807) is 0 Å². The van der Waals surface area contributed by atoms with E-state index in [0.29, 0.717) is 0 Å². The molecule has 7 heavy (non-hydrogen) atoms. The fourth-order valence-corrected chi connectivity index (χ4v) is 2.24. The van der Waals surface area contributed by atoms with E-state index in [9.17, 15) is 6.21 Å². The van der Waals surface area contributed by atoms with Crippen molar-refractivity contribution in [3.05, 3.63) is 0 Å². The Labute approximate surface area is 55.1 Å². The summed E-state index contributed by atoms with van der Waals surface area (Å²) in [5.41, 5.74) is 0. The van der Waals surface area contributed by atoms with Gasteiger partial charge in [-0.1, -0.05) is 0 Å². The molecule has 2 N–H and O–H groups in total. The average molecular weight is 337 g/mol. The van der Waals surface area contributed by atoms with E-state index in [-0.39, 0.29) is 0 Å². The van der Waals surface area contributed by atoms with Crippen LogP contribution in [0.4, 0.5) is 0 Å². The van der Waals surface area contributed by atoms with Gasteiger partial charge in [0, 0.05) is 0 Å². The third kappa shape index (κ3) is 7.06. The summed E-state index contributed by atoms with van der Waals surface area (Å²) < 4.78 is 38.2. The molecule has 0 aliphatic rings. The van der Waals surface area contributed by atoms with Crippen LogP contribution in [0, 0.1) is 0 Å². The summed E-state index contributed by atoms with van der Waals surface area (Å²) >= 11 is -7.42. The van der Waals surface area contributed by atoms with E-state index in [4.69, 9.17) is 6.94 Å². The van der Waals surface area contributed by atoms with E-state index in [0.717, 1.165) is 0 Å². The van der Waals surface area contributed by atoms with Crippen LogP contribution in [0.2, 0.25) is 0 Å². The summed E-state index contributed by atoms with van der Waals surface area (Å²) in [6.07, 6.45) is 0. The van der Waals surface area contributed by atoms with Gasteiger partial charge in [0.1, 0.15) is 0 Å². The molecule has 0 saturated carbocycles. The number of rotatable bonds is 2. The van der Waals surface area contributed by atoms with Gasteiger partial charge in [-0.05, 0) is 0 Å². The van der Waals surface area contributed by atoms with Gasteiger partial charge in [-0.2, -0.15) is 0 Å². The minimum atomic E-state index is -3.71. The van der Waals surface area contributed by atoms with Gasteiger partial charge < -0.3 is 0 Å². The van der Waals surface area contributed by atoms with Gasteiger partial charge in [0.2, 0.25) is 0 Å². The van der Waals surface area contributed by atoms with Gasteiger partial charge in [-0.15, -0.1) is 0 Å². The molecule has 0 aliphatic carbocycles. The van der Waals surface area contributed by atoms with Gasteiger partial charge in [-0.3, -0.25) is 0 Å². The van der Waals surface area contributed by atoms with Crippen LogP contribution in [-0.2, 0) is 7.67 Å². The molecule has 0 heterocycles. The van der Waals surface area contributed by atoms with E-state index >= 15 is 0 Å². The van der Waals surface area contributed by atoms with E-state index < -0.39 is 40.7 Å². The van der Waals surface area contributed by atoms with Crippen LogP contribution in [0.25, 0.3) is 0 Å². The molecule has 0 unspecified atom stereocenters. The van der Waals surface area contributed by atoms with Crippen LogP contribution in [0.1, 0.15) is 0 Å². The first-order valence-corrected chi connectivity index (χ1v) is 6.92. The summed E-state index contributed by atoms with van der Waals surface area (Å²) in [6, 6.07) is 0. The Balaban J connectivity index is 3.32. The standard InChI is InChI=1S/H2O5Te2/c1-6(2)5-7(3)4/h(H,1,2)(H,3,4). The Morgan fingerprint density at radius 1 is 1.14 bits per heavy atom. The van der Waals surface area contributed by atoms with Crippen molar-refractivity contribution in [2.75, 3.05) is 0 Å². The SMILES string of the molecule is O=[Te](O)O[Te](=O)O. The third-order valence-corrected chi connectivity index (χ3v) is 5.24. The van der Waals surface area contributed by atoms with Crippen molar-refractivity contribution in [3.8, 4) is 0 Å². The number of hydrogen-bond donors (Lipinski definition) is 2. The predicted octanol–water partition coefficient (Wildman–Crippen LogP) is -2.18. The second-order valence-electron chi connectivity index (χ2n) is 0.502. The van der Waals surface area contributed by atoms with Crippen molar-refractivity contribution < 1.29 is 14.6 Å². The van der Waals surface area contributed by atoms with Crippen molar-refractivity contribution in [2.24, 2.45) is 0 Å². The predicted molar refractivity (Wildman–Crippen MR) is 18.4 cm³/mol. The molecule has 0 aromatic heterocycles. The minimum absolute atomic E-state index is 3.59. The van der Waals surface area contributed by atoms with Gasteiger partial charge in [0.05, 0.1) is 0 Å².